The van der Waals surface area contributed by atoms with Gasteiger partial charge in [0.15, 0.2) is 0 Å². The number of nitrogens with two attached hydrogens (primary N) is 1. The molecule has 0 fully saturated rings. The topological polar surface area (TPSA) is 170 Å². The third-order valence-corrected chi connectivity index (χ3v) is 14.7. The van der Waals surface area contributed by atoms with E-state index in [1.54, 1.807) is 12.1 Å². The maximum atomic E-state index is 12.5. The first-order valence-corrected chi connectivity index (χ1v) is 25.3. The summed E-state index contributed by atoms with van der Waals surface area (Å²) in [5, 5.41) is 3.73. The van der Waals surface area contributed by atoms with Gasteiger partial charge in [-0.25, -0.2) is 0 Å². The van der Waals surface area contributed by atoms with Crippen molar-refractivity contribution >= 4 is 49.1 Å². The molecule has 1 aliphatic carbocycles. The molecule has 1 amide bonds. The van der Waals surface area contributed by atoms with Crippen LogP contribution in [0.15, 0.2) is 87.5 Å². The van der Waals surface area contributed by atoms with Gasteiger partial charge >= 0.3 is 0 Å². The SMILES string of the molecule is Cc1ccc2c(c1)C(C)(C)C(/C=C/C1=C(Cl)C(=C/C=C3/N(CCCCCC(=O)NCCCCC(C)N)c4ccc(S(=O)(=O)O)cc4C3(C)C)/CCC1)N2CCCCS(=O)(=O)O. The van der Waals surface area contributed by atoms with Crippen molar-refractivity contribution in [3.63, 3.8) is 0 Å². The van der Waals surface area contributed by atoms with Crippen LogP contribution < -0.4 is 20.9 Å². The number of amides is 1. The summed E-state index contributed by atoms with van der Waals surface area (Å²) >= 11 is 7.24. The highest BCUT2D eigenvalue weighted by Gasteiger charge is 2.43. The normalized spacial score (nSPS) is 20.5. The molecule has 336 valence electrons. The van der Waals surface area contributed by atoms with Crippen molar-refractivity contribution in [2.45, 2.75) is 146 Å². The number of hydrogen-bond acceptors (Lipinski definition) is 8. The van der Waals surface area contributed by atoms with Crippen LogP contribution in [0, 0.1) is 6.92 Å². The fraction of sp³-hybridized carbons (Fsp3) is 0.553. The van der Waals surface area contributed by atoms with Gasteiger partial charge in [0, 0.05) is 65.0 Å². The van der Waals surface area contributed by atoms with Gasteiger partial charge in [-0.3, -0.25) is 13.9 Å². The number of carbonyl (C=O) groups excluding carboxylic acids is 1. The van der Waals surface area contributed by atoms with Gasteiger partial charge in [0.05, 0.1) is 16.7 Å². The Bertz CT molecular complexity index is 2260. The van der Waals surface area contributed by atoms with Gasteiger partial charge in [-0.05, 0) is 124 Å². The summed E-state index contributed by atoms with van der Waals surface area (Å²) in [6, 6.07) is 11.4. The second kappa shape index (κ2) is 20.4. The number of rotatable bonds is 20. The third-order valence-electron chi connectivity index (χ3n) is 12.5. The Morgan fingerprint density at radius 2 is 1.64 bits per heavy atom. The number of nitrogens with zero attached hydrogens (tertiary/aromatic N) is 2. The van der Waals surface area contributed by atoms with Crippen LogP contribution in [0.1, 0.15) is 128 Å². The van der Waals surface area contributed by atoms with Crippen LogP contribution in [0.3, 0.4) is 0 Å². The van der Waals surface area contributed by atoms with Gasteiger partial charge in [0.2, 0.25) is 5.91 Å². The van der Waals surface area contributed by atoms with Crippen LogP contribution in [0.25, 0.3) is 0 Å². The number of hydrogen-bond donors (Lipinski definition) is 4. The molecular weight excluding hydrogens is 832 g/mol. The van der Waals surface area contributed by atoms with E-state index < -0.39 is 25.7 Å². The fourth-order valence-electron chi connectivity index (χ4n) is 9.08. The highest BCUT2D eigenvalue weighted by atomic mass is 35.5. The predicted molar refractivity (Wildman–Crippen MR) is 249 cm³/mol. The van der Waals surface area contributed by atoms with Crippen LogP contribution in [-0.4, -0.2) is 69.3 Å². The summed E-state index contributed by atoms with van der Waals surface area (Å²) in [7, 11) is -8.43. The number of unbranched alkanes of at least 4 members (excludes halogenated alkanes) is 4. The van der Waals surface area contributed by atoms with Gasteiger partial charge in [-0.15, -0.1) is 0 Å². The minimum absolute atomic E-state index is 0.00712. The summed E-state index contributed by atoms with van der Waals surface area (Å²) in [6.45, 7) is 14.6. The van der Waals surface area contributed by atoms with Crippen molar-refractivity contribution in [2.75, 3.05) is 35.2 Å². The molecule has 0 bridgehead atoms. The molecule has 0 aromatic heterocycles. The van der Waals surface area contributed by atoms with E-state index >= 15 is 0 Å². The van der Waals surface area contributed by atoms with E-state index in [2.05, 4.69) is 92.2 Å². The highest BCUT2D eigenvalue weighted by Crippen LogP contribution is 2.49. The predicted octanol–water partition coefficient (Wildman–Crippen LogP) is 9.41. The molecule has 2 aliphatic heterocycles. The zero-order valence-corrected chi connectivity index (χ0v) is 39.2. The van der Waals surface area contributed by atoms with Crippen molar-refractivity contribution in [1.82, 2.24) is 5.32 Å². The second-order valence-electron chi connectivity index (χ2n) is 18.2. The monoisotopic (exact) mass is 898 g/mol. The van der Waals surface area contributed by atoms with E-state index in [9.17, 15) is 30.7 Å². The second-order valence-corrected chi connectivity index (χ2v) is 21.6. The molecule has 2 heterocycles. The first-order valence-electron chi connectivity index (χ1n) is 21.8. The molecule has 0 saturated heterocycles. The lowest BCUT2D eigenvalue weighted by Crippen LogP contribution is -2.40. The van der Waals surface area contributed by atoms with Gasteiger partial charge in [0.25, 0.3) is 20.2 Å². The zero-order chi connectivity index (χ0) is 44.8. The summed E-state index contributed by atoms with van der Waals surface area (Å²) < 4.78 is 66.5. The number of nitrogens with one attached hydrogen (secondary N) is 1. The fourth-order valence-corrected chi connectivity index (χ4v) is 10.5. The van der Waals surface area contributed by atoms with E-state index in [4.69, 9.17) is 17.3 Å². The van der Waals surface area contributed by atoms with E-state index in [0.717, 1.165) is 91.6 Å². The molecule has 3 aliphatic rings. The zero-order valence-electron chi connectivity index (χ0n) is 36.8. The van der Waals surface area contributed by atoms with Crippen molar-refractivity contribution in [3.8, 4) is 0 Å². The Morgan fingerprint density at radius 1 is 0.918 bits per heavy atom. The summed E-state index contributed by atoms with van der Waals surface area (Å²) in [5.74, 6) is -0.203. The Labute approximate surface area is 370 Å². The molecule has 0 saturated carbocycles. The van der Waals surface area contributed by atoms with Crippen molar-refractivity contribution < 1.29 is 30.7 Å². The quantitative estimate of drug-likeness (QED) is 0.0742. The lowest BCUT2D eigenvalue weighted by atomic mass is 9.79. The number of halogens is 1. The minimum atomic E-state index is -4.41. The Morgan fingerprint density at radius 3 is 2.34 bits per heavy atom. The number of allylic oxidation sites excluding steroid dienone is 7. The number of anilines is 2. The number of carbonyl (C=O) groups is 1. The highest BCUT2D eigenvalue weighted by molar-refractivity contribution is 7.86. The number of benzene rings is 2. The summed E-state index contributed by atoms with van der Waals surface area (Å²) in [6.07, 6.45) is 17.8. The average molecular weight is 900 g/mol. The number of aryl methyl sites for hydroxylation is 1. The summed E-state index contributed by atoms with van der Waals surface area (Å²) in [5.41, 5.74) is 13.3. The Hall–Kier alpha value is -3.46. The van der Waals surface area contributed by atoms with E-state index in [0.29, 0.717) is 43.9 Å². The van der Waals surface area contributed by atoms with Gasteiger partial charge < -0.3 is 20.9 Å². The smallest absolute Gasteiger partial charge is 0.294 e. The van der Waals surface area contributed by atoms with Crippen LogP contribution in [0.2, 0.25) is 0 Å². The molecule has 0 spiro atoms. The standard InChI is InChI=1S/C47H67ClN4O7S2/c1-33-19-23-40-38(31-33)46(3,4)42(52(40)29-12-13-30-60(54,55)56)25-20-35-16-14-17-36(45(35)48)21-26-43-47(5,6)39-32-37(61(57,58)59)22-24-41(39)51(43)28-11-7-8-18-44(53)50-27-10-9-15-34(2)49/h19-26,31-32,34,42H,7-18,27-30,49H2,1-6H3,(H,50,53)(H,54,55,56)(H,57,58,59)/b25-20+,36-21+,43-26+. The molecule has 2 aromatic rings. The Balaban J connectivity index is 1.36. The lowest BCUT2D eigenvalue weighted by Gasteiger charge is -2.33. The van der Waals surface area contributed by atoms with Crippen molar-refractivity contribution in [1.29, 1.82) is 0 Å². The largest absolute Gasteiger partial charge is 0.364 e. The molecule has 2 atom stereocenters. The molecule has 5 rings (SSSR count). The van der Waals surface area contributed by atoms with Gasteiger partial charge in [-0.2, -0.15) is 16.8 Å². The molecule has 5 N–H and O–H groups in total. The Kier molecular flexibility index (Phi) is 16.2. The minimum Gasteiger partial charge on any atom is -0.364 e. The maximum Gasteiger partial charge on any atom is 0.294 e. The van der Waals surface area contributed by atoms with Crippen LogP contribution >= 0.6 is 11.6 Å². The molecule has 61 heavy (non-hydrogen) atoms. The van der Waals surface area contributed by atoms with Crippen LogP contribution in [0.5, 0.6) is 0 Å². The van der Waals surface area contributed by atoms with Crippen molar-refractivity contribution in [3.05, 3.63) is 99.3 Å². The molecule has 11 nitrogen and oxygen atoms in total. The molecule has 14 heteroatoms. The lowest BCUT2D eigenvalue weighted by molar-refractivity contribution is -0.121. The maximum absolute atomic E-state index is 12.5. The van der Waals surface area contributed by atoms with E-state index in [1.807, 2.05) is 6.92 Å². The average Bonchev–Trinajstić information content (AvgIpc) is 3.51. The van der Waals surface area contributed by atoms with E-state index in [-0.39, 0.29) is 34.1 Å². The summed E-state index contributed by atoms with van der Waals surface area (Å²) in [4.78, 5) is 16.9. The molecule has 2 unspecified atom stereocenters. The van der Waals surface area contributed by atoms with E-state index in [1.165, 1.54) is 17.2 Å². The third kappa shape index (κ3) is 12.4. The van der Waals surface area contributed by atoms with Crippen molar-refractivity contribution in [2.24, 2.45) is 5.73 Å². The van der Waals surface area contributed by atoms with Crippen LogP contribution in [-0.2, 0) is 35.9 Å². The molecular formula is C47H67ClN4O7S2. The first-order chi connectivity index (χ1) is 28.6. The van der Waals surface area contributed by atoms with Crippen LogP contribution in [0.4, 0.5) is 11.4 Å². The van der Waals surface area contributed by atoms with Gasteiger partial charge in [0.1, 0.15) is 0 Å². The molecule has 2 aromatic carbocycles. The number of fused-ring (bicyclic) bond motifs is 2. The molecule has 0 radical (unpaired) electrons. The first kappa shape index (κ1) is 48.6. The van der Waals surface area contributed by atoms with Gasteiger partial charge in [-0.1, -0.05) is 88.1 Å².